The van der Waals surface area contributed by atoms with Crippen molar-refractivity contribution < 1.29 is 14.7 Å². The molecule has 1 aliphatic carbocycles. The molecule has 0 bridgehead atoms. The molecular formula is C16H18O3. The van der Waals surface area contributed by atoms with Gasteiger partial charge < -0.3 is 5.11 Å². The molecule has 0 aliphatic heterocycles. The minimum Gasteiger partial charge on any atom is -0.478 e. The number of ketones is 1. The van der Waals surface area contributed by atoms with Gasteiger partial charge in [0, 0.05) is 5.56 Å². The highest BCUT2D eigenvalue weighted by Gasteiger charge is 2.18. The number of aliphatic carboxylic acids is 1. The molecule has 2 rings (SSSR count). The second-order valence-electron chi connectivity index (χ2n) is 5.07. The first kappa shape index (κ1) is 13.5. The molecule has 1 saturated carbocycles. The number of carbonyl (C=O) groups excluding carboxylic acids is 1. The molecule has 1 fully saturated rings. The van der Waals surface area contributed by atoms with Crippen LogP contribution in [0, 0.1) is 0 Å². The molecule has 0 amide bonds. The first-order chi connectivity index (χ1) is 9.09. The Hall–Kier alpha value is -1.90. The van der Waals surface area contributed by atoms with Crippen molar-refractivity contribution in [1.29, 1.82) is 0 Å². The van der Waals surface area contributed by atoms with Crippen molar-refractivity contribution in [3.8, 4) is 0 Å². The van der Waals surface area contributed by atoms with Gasteiger partial charge in [-0.1, -0.05) is 50.1 Å². The van der Waals surface area contributed by atoms with Crippen molar-refractivity contribution in [1.82, 2.24) is 0 Å². The quantitative estimate of drug-likeness (QED) is 0.389. The lowest BCUT2D eigenvalue weighted by Gasteiger charge is -2.22. The van der Waals surface area contributed by atoms with Crippen LogP contribution >= 0.6 is 0 Å². The second-order valence-corrected chi connectivity index (χ2v) is 5.07. The Morgan fingerprint density at radius 3 is 2.16 bits per heavy atom. The molecule has 100 valence electrons. The molecule has 0 atom stereocenters. The highest BCUT2D eigenvalue weighted by Crippen LogP contribution is 2.32. The van der Waals surface area contributed by atoms with Crippen LogP contribution in [0.4, 0.5) is 0 Å². The summed E-state index contributed by atoms with van der Waals surface area (Å²) in [6, 6.07) is 7.30. The fourth-order valence-corrected chi connectivity index (χ4v) is 2.61. The van der Waals surface area contributed by atoms with E-state index in [0.717, 1.165) is 0 Å². The number of hydrogen-bond acceptors (Lipinski definition) is 2. The topological polar surface area (TPSA) is 54.4 Å². The molecule has 19 heavy (non-hydrogen) atoms. The molecule has 0 radical (unpaired) electrons. The van der Waals surface area contributed by atoms with Gasteiger partial charge in [-0.05, 0) is 24.3 Å². The minimum atomic E-state index is -1.26. The van der Waals surface area contributed by atoms with E-state index in [1.54, 1.807) is 12.1 Å². The molecule has 0 heterocycles. The number of Topliss-reactive ketones (excluding diaryl/α,β-unsaturated/α-hetero) is 1. The summed E-state index contributed by atoms with van der Waals surface area (Å²) in [6.07, 6.45) is 6.25. The van der Waals surface area contributed by atoms with Crippen molar-refractivity contribution in [2.75, 3.05) is 0 Å². The molecule has 1 aromatic rings. The zero-order chi connectivity index (χ0) is 13.8. The van der Waals surface area contributed by atoms with Crippen molar-refractivity contribution >= 4 is 11.8 Å². The van der Waals surface area contributed by atoms with Crippen LogP contribution in [0.3, 0.4) is 0 Å². The smallest absolute Gasteiger partial charge is 0.339 e. The van der Waals surface area contributed by atoms with E-state index in [2.05, 4.69) is 6.58 Å². The average molecular weight is 258 g/mol. The molecular weight excluding hydrogens is 240 g/mol. The van der Waals surface area contributed by atoms with Gasteiger partial charge in [0.15, 0.2) is 5.78 Å². The summed E-state index contributed by atoms with van der Waals surface area (Å²) in [5.74, 6) is -1.19. The van der Waals surface area contributed by atoms with Crippen molar-refractivity contribution in [2.24, 2.45) is 0 Å². The Morgan fingerprint density at radius 2 is 1.63 bits per heavy atom. The van der Waals surface area contributed by atoms with Crippen LogP contribution in [0.2, 0.25) is 0 Å². The van der Waals surface area contributed by atoms with E-state index >= 15 is 0 Å². The predicted molar refractivity (Wildman–Crippen MR) is 73.4 cm³/mol. The van der Waals surface area contributed by atoms with Crippen molar-refractivity contribution in [3.63, 3.8) is 0 Å². The molecule has 0 unspecified atom stereocenters. The Bertz CT molecular complexity index is 493. The lowest BCUT2D eigenvalue weighted by molar-refractivity contribution is -0.132. The molecule has 1 aliphatic rings. The van der Waals surface area contributed by atoms with Gasteiger partial charge in [0.05, 0.1) is 0 Å². The van der Waals surface area contributed by atoms with Crippen LogP contribution in [0.15, 0.2) is 36.4 Å². The summed E-state index contributed by atoms with van der Waals surface area (Å²) >= 11 is 0. The van der Waals surface area contributed by atoms with Crippen LogP contribution in [0.1, 0.15) is 53.9 Å². The number of carbonyl (C=O) groups is 2. The zero-order valence-electron chi connectivity index (χ0n) is 10.9. The standard InChI is InChI=1S/C16H18O3/c1-11(16(18)19)15(17)14-9-7-13(8-10-14)12-5-3-2-4-6-12/h7-10,12H,1-6H2,(H,18,19). The summed E-state index contributed by atoms with van der Waals surface area (Å²) < 4.78 is 0. The maximum atomic E-state index is 11.8. The highest BCUT2D eigenvalue weighted by atomic mass is 16.4. The minimum absolute atomic E-state index is 0.384. The summed E-state index contributed by atoms with van der Waals surface area (Å²) in [7, 11) is 0. The van der Waals surface area contributed by atoms with Gasteiger partial charge >= 0.3 is 5.97 Å². The Labute approximate surface area is 113 Å². The van der Waals surface area contributed by atoms with E-state index in [-0.39, 0.29) is 5.57 Å². The summed E-state index contributed by atoms with van der Waals surface area (Å²) in [6.45, 7) is 3.29. The average Bonchev–Trinajstić information content (AvgIpc) is 2.46. The first-order valence-electron chi connectivity index (χ1n) is 6.66. The van der Waals surface area contributed by atoms with Crippen LogP contribution in [-0.2, 0) is 4.79 Å². The lowest BCUT2D eigenvalue weighted by Crippen LogP contribution is -2.11. The summed E-state index contributed by atoms with van der Waals surface area (Å²) in [5, 5.41) is 8.75. The largest absolute Gasteiger partial charge is 0.478 e. The van der Waals surface area contributed by atoms with Gasteiger partial charge in [-0.2, -0.15) is 0 Å². The van der Waals surface area contributed by atoms with Gasteiger partial charge in [-0.3, -0.25) is 4.79 Å². The highest BCUT2D eigenvalue weighted by molar-refractivity contribution is 6.23. The first-order valence-corrected chi connectivity index (χ1v) is 6.66. The van der Waals surface area contributed by atoms with Gasteiger partial charge in [-0.25, -0.2) is 4.79 Å². The molecule has 0 spiro atoms. The van der Waals surface area contributed by atoms with Crippen LogP contribution < -0.4 is 0 Å². The van der Waals surface area contributed by atoms with Crippen molar-refractivity contribution in [2.45, 2.75) is 38.0 Å². The van der Waals surface area contributed by atoms with Crippen LogP contribution in [0.5, 0.6) is 0 Å². The number of carboxylic acids is 1. The molecule has 3 nitrogen and oxygen atoms in total. The van der Waals surface area contributed by atoms with E-state index in [1.165, 1.54) is 37.7 Å². The molecule has 3 heteroatoms. The third-order valence-corrected chi connectivity index (χ3v) is 3.78. The Morgan fingerprint density at radius 1 is 1.05 bits per heavy atom. The fraction of sp³-hybridized carbons (Fsp3) is 0.375. The van der Waals surface area contributed by atoms with E-state index < -0.39 is 11.8 Å². The van der Waals surface area contributed by atoms with Gasteiger partial charge in [-0.15, -0.1) is 0 Å². The molecule has 1 N–H and O–H groups in total. The van der Waals surface area contributed by atoms with Crippen molar-refractivity contribution in [3.05, 3.63) is 47.5 Å². The SMILES string of the molecule is C=C(C(=O)O)C(=O)c1ccc(C2CCCCC2)cc1. The van der Waals surface area contributed by atoms with E-state index in [0.29, 0.717) is 11.5 Å². The lowest BCUT2D eigenvalue weighted by atomic mass is 9.84. The molecule has 1 aromatic carbocycles. The predicted octanol–water partition coefficient (Wildman–Crippen LogP) is 3.56. The van der Waals surface area contributed by atoms with Crippen LogP contribution in [-0.4, -0.2) is 16.9 Å². The fourth-order valence-electron chi connectivity index (χ4n) is 2.61. The van der Waals surface area contributed by atoms with Gasteiger partial charge in [0.1, 0.15) is 5.57 Å². The summed E-state index contributed by atoms with van der Waals surface area (Å²) in [5.41, 5.74) is 1.26. The maximum absolute atomic E-state index is 11.8. The van der Waals surface area contributed by atoms with Gasteiger partial charge in [0.25, 0.3) is 0 Å². The number of carboxylic acid groups (broad SMARTS) is 1. The summed E-state index contributed by atoms with van der Waals surface area (Å²) in [4.78, 5) is 22.5. The normalized spacial score (nSPS) is 16.0. The Balaban J connectivity index is 2.11. The van der Waals surface area contributed by atoms with E-state index in [1.807, 2.05) is 12.1 Å². The third-order valence-electron chi connectivity index (χ3n) is 3.78. The third kappa shape index (κ3) is 3.11. The number of rotatable bonds is 4. The molecule has 0 aromatic heterocycles. The van der Waals surface area contributed by atoms with E-state index in [9.17, 15) is 9.59 Å². The maximum Gasteiger partial charge on any atom is 0.339 e. The zero-order valence-corrected chi connectivity index (χ0v) is 10.9. The molecule has 0 saturated heterocycles. The number of hydrogen-bond donors (Lipinski definition) is 1. The number of benzene rings is 1. The second kappa shape index (κ2) is 5.83. The monoisotopic (exact) mass is 258 g/mol. The van der Waals surface area contributed by atoms with Crippen LogP contribution in [0.25, 0.3) is 0 Å². The Kier molecular flexibility index (Phi) is 4.15. The van der Waals surface area contributed by atoms with Gasteiger partial charge in [0.2, 0.25) is 0 Å². The van der Waals surface area contributed by atoms with E-state index in [4.69, 9.17) is 5.11 Å².